The van der Waals surface area contributed by atoms with Crippen LogP contribution in [0.25, 0.3) is 22.3 Å². The van der Waals surface area contributed by atoms with E-state index in [1.54, 1.807) is 30.0 Å². The maximum absolute atomic E-state index is 13.2. The molecule has 8 nitrogen and oxygen atoms in total. The number of benzene rings is 2. The van der Waals surface area contributed by atoms with Crippen LogP contribution in [0.2, 0.25) is 0 Å². The van der Waals surface area contributed by atoms with E-state index in [-0.39, 0.29) is 48.7 Å². The first-order chi connectivity index (χ1) is 14.3. The van der Waals surface area contributed by atoms with Crippen molar-refractivity contribution in [1.29, 1.82) is 0 Å². The maximum Gasteiger partial charge on any atom is 0.277 e. The molecule has 2 aromatic carbocycles. The van der Waals surface area contributed by atoms with Crippen LogP contribution in [0.5, 0.6) is 0 Å². The molecule has 3 aromatic rings. The monoisotopic (exact) mass is 427 g/mol. The zero-order valence-electron chi connectivity index (χ0n) is 16.4. The number of nitrogens with zero attached hydrogens (tertiary/aromatic N) is 2. The predicted octanol–water partition coefficient (Wildman–Crippen LogP) is 1.73. The Morgan fingerprint density at radius 2 is 1.67 bits per heavy atom. The van der Waals surface area contributed by atoms with E-state index in [0.717, 1.165) is 9.87 Å². The summed E-state index contributed by atoms with van der Waals surface area (Å²) in [5, 5.41) is 5.50. The molecule has 1 aromatic heterocycles. The van der Waals surface area contributed by atoms with Crippen molar-refractivity contribution in [3.05, 3.63) is 69.9 Å². The molecule has 0 bridgehead atoms. The SMILES string of the molecule is Cc1c(-c2ccccc2)oc2c(C(=O)N3CCN(S(N)(=O)=O)CC3)cccc2c1=O. The number of carbonyl (C=O) groups excluding carboxylic acids is 1. The van der Waals surface area contributed by atoms with Crippen molar-refractivity contribution in [3.63, 3.8) is 0 Å². The zero-order valence-corrected chi connectivity index (χ0v) is 17.2. The normalized spacial score (nSPS) is 15.5. The van der Waals surface area contributed by atoms with Gasteiger partial charge in [-0.05, 0) is 19.1 Å². The van der Waals surface area contributed by atoms with Crippen LogP contribution < -0.4 is 10.6 Å². The molecule has 4 rings (SSSR count). The first kappa shape index (κ1) is 20.3. The minimum atomic E-state index is -3.79. The number of piperazine rings is 1. The number of carbonyl (C=O) groups is 1. The largest absolute Gasteiger partial charge is 0.455 e. The first-order valence-corrected chi connectivity index (χ1v) is 11.0. The third kappa shape index (κ3) is 3.62. The summed E-state index contributed by atoms with van der Waals surface area (Å²) in [6.45, 7) is 2.34. The molecule has 1 aliphatic heterocycles. The lowest BCUT2D eigenvalue weighted by Crippen LogP contribution is -2.52. The van der Waals surface area contributed by atoms with E-state index in [2.05, 4.69) is 0 Å². The molecular formula is C21H21N3O5S. The van der Waals surface area contributed by atoms with Gasteiger partial charge in [0.05, 0.1) is 10.9 Å². The fourth-order valence-electron chi connectivity index (χ4n) is 3.66. The van der Waals surface area contributed by atoms with Crippen LogP contribution in [0.3, 0.4) is 0 Å². The summed E-state index contributed by atoms with van der Waals surface area (Å²) in [5.41, 5.74) is 1.53. The van der Waals surface area contributed by atoms with Gasteiger partial charge in [0.2, 0.25) is 0 Å². The van der Waals surface area contributed by atoms with Crippen LogP contribution in [-0.4, -0.2) is 49.7 Å². The maximum atomic E-state index is 13.2. The topological polar surface area (TPSA) is 114 Å². The predicted molar refractivity (Wildman–Crippen MR) is 113 cm³/mol. The first-order valence-electron chi connectivity index (χ1n) is 9.46. The second kappa shape index (κ2) is 7.67. The minimum absolute atomic E-state index is 0.119. The van der Waals surface area contributed by atoms with Crippen LogP contribution >= 0.6 is 0 Å². The molecule has 0 unspecified atom stereocenters. The molecule has 9 heteroatoms. The summed E-state index contributed by atoms with van der Waals surface area (Å²) >= 11 is 0. The van der Waals surface area contributed by atoms with E-state index < -0.39 is 10.2 Å². The van der Waals surface area contributed by atoms with Crippen LogP contribution in [-0.2, 0) is 10.2 Å². The molecule has 0 radical (unpaired) electrons. The molecule has 0 atom stereocenters. The van der Waals surface area contributed by atoms with Crippen LogP contribution in [0.1, 0.15) is 15.9 Å². The van der Waals surface area contributed by atoms with Gasteiger partial charge in [0.25, 0.3) is 16.1 Å². The fourth-order valence-corrected chi connectivity index (χ4v) is 4.33. The number of rotatable bonds is 3. The molecule has 2 N–H and O–H groups in total. The van der Waals surface area contributed by atoms with Crippen LogP contribution in [0.15, 0.2) is 57.7 Å². The van der Waals surface area contributed by atoms with E-state index in [1.165, 1.54) is 0 Å². The van der Waals surface area contributed by atoms with Gasteiger partial charge in [-0.15, -0.1) is 0 Å². The van der Waals surface area contributed by atoms with E-state index >= 15 is 0 Å². The van der Waals surface area contributed by atoms with Crippen molar-refractivity contribution >= 4 is 27.1 Å². The van der Waals surface area contributed by atoms with Gasteiger partial charge >= 0.3 is 0 Å². The Hall–Kier alpha value is -3.01. The smallest absolute Gasteiger partial charge is 0.277 e. The third-order valence-electron chi connectivity index (χ3n) is 5.30. The van der Waals surface area contributed by atoms with Gasteiger partial charge in [-0.1, -0.05) is 36.4 Å². The molecule has 0 aliphatic carbocycles. The van der Waals surface area contributed by atoms with Crippen LogP contribution in [0, 0.1) is 6.92 Å². The highest BCUT2D eigenvalue weighted by atomic mass is 32.2. The van der Waals surface area contributed by atoms with Gasteiger partial charge in [-0.25, -0.2) is 5.14 Å². The number of para-hydroxylation sites is 1. The number of nitrogens with two attached hydrogens (primary N) is 1. The number of hydrogen-bond acceptors (Lipinski definition) is 5. The van der Waals surface area contributed by atoms with Gasteiger partial charge in [0.15, 0.2) is 11.0 Å². The Kier molecular flexibility index (Phi) is 5.19. The molecule has 1 amide bonds. The lowest BCUT2D eigenvalue weighted by molar-refractivity contribution is 0.0698. The van der Waals surface area contributed by atoms with Crippen molar-refractivity contribution in [1.82, 2.24) is 9.21 Å². The van der Waals surface area contributed by atoms with Gasteiger partial charge in [-0.2, -0.15) is 12.7 Å². The molecule has 1 aliphatic rings. The van der Waals surface area contributed by atoms with Crippen LogP contribution in [0.4, 0.5) is 0 Å². The molecular weight excluding hydrogens is 406 g/mol. The molecule has 0 saturated carbocycles. The minimum Gasteiger partial charge on any atom is -0.455 e. The summed E-state index contributed by atoms with van der Waals surface area (Å²) in [5.74, 6) is 0.105. The van der Waals surface area contributed by atoms with Gasteiger partial charge < -0.3 is 9.32 Å². The van der Waals surface area contributed by atoms with Crippen molar-refractivity contribution in [2.45, 2.75) is 6.92 Å². The quantitative estimate of drug-likeness (QED) is 0.684. The Balaban J connectivity index is 1.76. The van der Waals surface area contributed by atoms with Gasteiger partial charge in [0.1, 0.15) is 5.76 Å². The fraction of sp³-hybridized carbons (Fsp3) is 0.238. The summed E-state index contributed by atoms with van der Waals surface area (Å²) in [6, 6.07) is 14.1. The highest BCUT2D eigenvalue weighted by Gasteiger charge is 2.28. The lowest BCUT2D eigenvalue weighted by Gasteiger charge is -2.33. The molecule has 1 fully saturated rings. The number of amides is 1. The Labute approximate surface area is 173 Å². The number of fused-ring (bicyclic) bond motifs is 1. The third-order valence-corrected chi connectivity index (χ3v) is 6.38. The summed E-state index contributed by atoms with van der Waals surface area (Å²) in [7, 11) is -3.79. The van der Waals surface area contributed by atoms with Crippen molar-refractivity contribution in [3.8, 4) is 11.3 Å². The molecule has 1 saturated heterocycles. The Bertz CT molecular complexity index is 1280. The Morgan fingerprint density at radius 1 is 1.00 bits per heavy atom. The van der Waals surface area contributed by atoms with E-state index in [4.69, 9.17) is 9.56 Å². The van der Waals surface area contributed by atoms with E-state index in [9.17, 15) is 18.0 Å². The molecule has 2 heterocycles. The highest BCUT2D eigenvalue weighted by Crippen LogP contribution is 2.28. The lowest BCUT2D eigenvalue weighted by atomic mass is 10.0. The average molecular weight is 427 g/mol. The average Bonchev–Trinajstić information content (AvgIpc) is 2.75. The zero-order chi connectivity index (χ0) is 21.5. The second-order valence-corrected chi connectivity index (χ2v) is 8.72. The standard InChI is InChI=1S/C21H21N3O5S/c1-14-18(25)16-8-5-9-17(20(16)29-19(14)15-6-3-2-4-7-15)21(26)23-10-12-24(13-11-23)30(22,27)28/h2-9H,10-13H2,1H3,(H2,22,27,28). The Morgan fingerprint density at radius 3 is 2.30 bits per heavy atom. The van der Waals surface area contributed by atoms with E-state index in [1.807, 2.05) is 30.3 Å². The number of hydrogen-bond donors (Lipinski definition) is 1. The van der Waals surface area contributed by atoms with Crippen molar-refractivity contribution < 1.29 is 17.6 Å². The molecule has 156 valence electrons. The van der Waals surface area contributed by atoms with Crippen molar-refractivity contribution in [2.75, 3.05) is 26.2 Å². The van der Waals surface area contributed by atoms with Gasteiger partial charge in [-0.3, -0.25) is 9.59 Å². The second-order valence-electron chi connectivity index (χ2n) is 7.17. The summed E-state index contributed by atoms with van der Waals surface area (Å²) in [4.78, 5) is 27.7. The van der Waals surface area contributed by atoms with E-state index in [0.29, 0.717) is 16.7 Å². The molecule has 30 heavy (non-hydrogen) atoms. The summed E-state index contributed by atoms with van der Waals surface area (Å²) < 4.78 is 30.2. The van der Waals surface area contributed by atoms with Gasteiger partial charge in [0, 0.05) is 37.3 Å². The molecule has 0 spiro atoms. The van der Waals surface area contributed by atoms with Crippen molar-refractivity contribution in [2.24, 2.45) is 5.14 Å². The highest BCUT2D eigenvalue weighted by molar-refractivity contribution is 7.86. The summed E-state index contributed by atoms with van der Waals surface area (Å²) in [6.07, 6.45) is 0.